The molecule has 0 spiro atoms. The van der Waals surface area contributed by atoms with Crippen LogP contribution in [-0.2, 0) is 16.6 Å². The number of piperidine rings is 1. The van der Waals surface area contributed by atoms with Crippen LogP contribution in [0.1, 0.15) is 30.4 Å². The van der Waals surface area contributed by atoms with E-state index in [0.29, 0.717) is 18.4 Å². The average Bonchev–Trinajstić information content (AvgIpc) is 2.48. The molecule has 1 aromatic carbocycles. The van der Waals surface area contributed by atoms with Gasteiger partial charge in [0, 0.05) is 29.9 Å². The van der Waals surface area contributed by atoms with Crippen LogP contribution in [0.2, 0.25) is 0 Å². The van der Waals surface area contributed by atoms with Crippen molar-refractivity contribution >= 4 is 17.4 Å². The van der Waals surface area contributed by atoms with Crippen LogP contribution < -0.4 is 0 Å². The van der Waals surface area contributed by atoms with Gasteiger partial charge in [0.1, 0.15) is 6.10 Å². The van der Waals surface area contributed by atoms with E-state index in [9.17, 15) is 20.1 Å². The summed E-state index contributed by atoms with van der Waals surface area (Å²) in [5, 5.41) is 30.6. The van der Waals surface area contributed by atoms with Gasteiger partial charge in [0.05, 0.1) is 4.87 Å². The Labute approximate surface area is 139 Å². The first-order valence-electron chi connectivity index (χ1n) is 7.94. The van der Waals surface area contributed by atoms with Crippen molar-refractivity contribution in [1.29, 1.82) is 0 Å². The number of alkyl halides is 1. The second-order valence-electron chi connectivity index (χ2n) is 7.23. The van der Waals surface area contributed by atoms with Gasteiger partial charge >= 0.3 is 0 Å². The van der Waals surface area contributed by atoms with Gasteiger partial charge in [-0.1, -0.05) is 6.07 Å². The zero-order chi connectivity index (χ0) is 16.6. The number of hydrogen-bond acceptors (Lipinski definition) is 5. The number of aliphatic hydroxyl groups excluding tert-OH is 1. The molecule has 0 radical (unpaired) electrons. The second kappa shape index (κ2) is 4.62. The summed E-state index contributed by atoms with van der Waals surface area (Å²) in [6.07, 6.45) is 0.469. The highest BCUT2D eigenvalue weighted by Crippen LogP contribution is 2.62. The van der Waals surface area contributed by atoms with Crippen LogP contribution in [-0.4, -0.2) is 56.6 Å². The van der Waals surface area contributed by atoms with Crippen LogP contribution in [0.25, 0.3) is 0 Å². The highest BCUT2D eigenvalue weighted by atomic mass is 35.5. The Bertz CT molecular complexity index is 708. The molecule has 1 aromatic rings. The van der Waals surface area contributed by atoms with Gasteiger partial charge < -0.3 is 20.2 Å². The number of carbonyl (C=O) groups is 1. The van der Waals surface area contributed by atoms with Gasteiger partial charge in [-0.3, -0.25) is 4.79 Å². The first-order valence-corrected chi connectivity index (χ1v) is 8.32. The predicted molar refractivity (Wildman–Crippen MR) is 85.0 cm³/mol. The molecular formula is C17H20ClNO4. The summed E-state index contributed by atoms with van der Waals surface area (Å²) < 4.78 is 0. The number of phenols is 2. The monoisotopic (exact) mass is 337 g/mol. The van der Waals surface area contributed by atoms with Crippen molar-refractivity contribution in [2.75, 3.05) is 13.6 Å². The van der Waals surface area contributed by atoms with Gasteiger partial charge in [0.15, 0.2) is 17.3 Å². The number of aliphatic hydroxyl groups is 1. The summed E-state index contributed by atoms with van der Waals surface area (Å²) >= 11 is 7.10. The molecule has 1 saturated heterocycles. The molecule has 5 nitrogen and oxygen atoms in total. The van der Waals surface area contributed by atoms with E-state index in [2.05, 4.69) is 4.90 Å². The quantitative estimate of drug-likeness (QED) is 0.491. The maximum Gasteiger partial charge on any atom is 0.162 e. The zero-order valence-electron chi connectivity index (χ0n) is 12.9. The maximum absolute atomic E-state index is 12.3. The minimum Gasteiger partial charge on any atom is -0.504 e. The molecule has 23 heavy (non-hydrogen) atoms. The number of fused-ring (bicyclic) bond motifs is 1. The molecule has 2 aliphatic carbocycles. The number of Topliss-reactive ketones (excluding diaryl/α,β-unsaturated/α-hetero) is 1. The fourth-order valence-electron chi connectivity index (χ4n) is 5.05. The van der Waals surface area contributed by atoms with E-state index in [1.807, 2.05) is 13.1 Å². The number of phenolic OH excluding ortho intramolecular Hbond substituents is 2. The fourth-order valence-corrected chi connectivity index (χ4v) is 5.70. The van der Waals surface area contributed by atoms with Crippen molar-refractivity contribution < 1.29 is 20.1 Å². The van der Waals surface area contributed by atoms with Crippen molar-refractivity contribution in [3.8, 4) is 11.5 Å². The maximum atomic E-state index is 12.3. The molecule has 2 fully saturated rings. The Kier molecular flexibility index (Phi) is 3.06. The van der Waals surface area contributed by atoms with Gasteiger partial charge in [-0.05, 0) is 38.1 Å². The lowest BCUT2D eigenvalue weighted by molar-refractivity contribution is -0.137. The molecule has 2 bridgehead atoms. The number of likely N-dealkylation sites (N-methyl/N-ethyl adjacent to an activating group) is 1. The van der Waals surface area contributed by atoms with Gasteiger partial charge in [0.25, 0.3) is 0 Å². The van der Waals surface area contributed by atoms with Gasteiger partial charge in [-0.25, -0.2) is 0 Å². The summed E-state index contributed by atoms with van der Waals surface area (Å²) in [6, 6.07) is 3.28. The van der Waals surface area contributed by atoms with Crippen molar-refractivity contribution in [2.45, 2.75) is 48.1 Å². The van der Waals surface area contributed by atoms with Crippen molar-refractivity contribution in [2.24, 2.45) is 0 Å². The Morgan fingerprint density at radius 2 is 2.09 bits per heavy atom. The fraction of sp³-hybridized carbons (Fsp3) is 0.588. The number of likely N-dealkylation sites (tertiary alicyclic amines) is 1. The molecule has 4 unspecified atom stereocenters. The lowest BCUT2D eigenvalue weighted by atomic mass is 9.51. The number of nitrogens with zero attached hydrogens (tertiary/aromatic N) is 1. The first-order chi connectivity index (χ1) is 10.8. The molecule has 1 heterocycles. The highest BCUT2D eigenvalue weighted by molar-refractivity contribution is 6.27. The van der Waals surface area contributed by atoms with Crippen molar-refractivity contribution in [3.63, 3.8) is 0 Å². The first kappa shape index (κ1) is 15.2. The summed E-state index contributed by atoms with van der Waals surface area (Å²) in [7, 11) is 2.01. The molecule has 3 N–H and O–H groups in total. The van der Waals surface area contributed by atoms with Crippen LogP contribution in [0.4, 0.5) is 0 Å². The Balaban J connectivity index is 2.02. The van der Waals surface area contributed by atoms with Gasteiger partial charge in [-0.2, -0.15) is 0 Å². The molecule has 4 atom stereocenters. The number of aromatic hydroxyl groups is 2. The van der Waals surface area contributed by atoms with Crippen molar-refractivity contribution in [1.82, 2.24) is 4.90 Å². The third-order valence-electron chi connectivity index (χ3n) is 6.22. The van der Waals surface area contributed by atoms with Crippen LogP contribution in [0.3, 0.4) is 0 Å². The van der Waals surface area contributed by atoms with E-state index >= 15 is 0 Å². The number of hydrogen-bond donors (Lipinski definition) is 3. The lowest BCUT2D eigenvalue weighted by Crippen LogP contribution is -2.71. The summed E-state index contributed by atoms with van der Waals surface area (Å²) in [5.41, 5.74) is 0.799. The van der Waals surface area contributed by atoms with E-state index in [1.54, 1.807) is 0 Å². The zero-order valence-corrected chi connectivity index (χ0v) is 13.7. The third kappa shape index (κ3) is 1.73. The van der Waals surface area contributed by atoms with Crippen LogP contribution >= 0.6 is 11.6 Å². The predicted octanol–water partition coefficient (Wildman–Crippen LogP) is 1.30. The van der Waals surface area contributed by atoms with E-state index in [1.165, 1.54) is 6.07 Å². The van der Waals surface area contributed by atoms with Gasteiger partial charge in [0.2, 0.25) is 0 Å². The molecule has 1 aliphatic heterocycles. The number of halogens is 1. The van der Waals surface area contributed by atoms with Crippen molar-refractivity contribution in [3.05, 3.63) is 23.3 Å². The topological polar surface area (TPSA) is 81.0 Å². The molecule has 6 heteroatoms. The minimum atomic E-state index is -1.06. The van der Waals surface area contributed by atoms with Crippen LogP contribution in [0, 0.1) is 0 Å². The Morgan fingerprint density at radius 1 is 1.35 bits per heavy atom. The van der Waals surface area contributed by atoms with E-state index in [0.717, 1.165) is 12.1 Å². The molecule has 3 aliphatic rings. The highest BCUT2D eigenvalue weighted by Gasteiger charge is 2.66. The number of carbonyl (C=O) groups excluding carboxylic acids is 1. The smallest absolute Gasteiger partial charge is 0.162 e. The Morgan fingerprint density at radius 3 is 2.83 bits per heavy atom. The summed E-state index contributed by atoms with van der Waals surface area (Å²) in [4.78, 5) is 13.7. The van der Waals surface area contributed by atoms with E-state index < -0.39 is 16.4 Å². The average molecular weight is 338 g/mol. The largest absolute Gasteiger partial charge is 0.504 e. The molecule has 4 rings (SSSR count). The molecule has 0 aromatic heterocycles. The molecule has 0 amide bonds. The number of rotatable bonds is 0. The normalized spacial score (nSPS) is 39.7. The second-order valence-corrected chi connectivity index (χ2v) is 7.90. The molecule has 1 saturated carbocycles. The SMILES string of the molecule is CN1CCC23CC(=O)C(O)CC2(Cl)C1Cc1ccc(O)c(O)c13. The number of benzene rings is 1. The lowest BCUT2D eigenvalue weighted by Gasteiger charge is -2.63. The van der Waals surface area contributed by atoms with Crippen LogP contribution in [0.5, 0.6) is 11.5 Å². The van der Waals surface area contributed by atoms with Gasteiger partial charge in [-0.15, -0.1) is 11.6 Å². The summed E-state index contributed by atoms with van der Waals surface area (Å²) in [5.74, 6) is -0.590. The Hall–Kier alpha value is -1.30. The molecule has 124 valence electrons. The summed E-state index contributed by atoms with van der Waals surface area (Å²) in [6.45, 7) is 0.761. The van der Waals surface area contributed by atoms with E-state index in [4.69, 9.17) is 11.6 Å². The molecular weight excluding hydrogens is 318 g/mol. The standard InChI is InChI=1S/C17H20ClNO4/c1-19-5-4-16-7-11(21)12(22)8-17(16,18)13(19)6-9-2-3-10(20)15(23)14(9)16/h2-3,12-13,20,22-23H,4-8H2,1H3. The minimum absolute atomic E-state index is 0.0166. The van der Waals surface area contributed by atoms with Crippen LogP contribution in [0.15, 0.2) is 12.1 Å². The van der Waals surface area contributed by atoms with E-state index in [-0.39, 0.29) is 36.2 Å². The third-order valence-corrected chi connectivity index (χ3v) is 6.99. The number of ketones is 1.